The third-order valence-corrected chi connectivity index (χ3v) is 2.78. The number of unbranched alkanes of at least 4 members (excludes halogenated alkanes) is 5. The van der Waals surface area contributed by atoms with Crippen LogP contribution in [0.15, 0.2) is 0 Å². The molecule has 0 saturated heterocycles. The van der Waals surface area contributed by atoms with Gasteiger partial charge in [-0.25, -0.2) is 0 Å². The van der Waals surface area contributed by atoms with Gasteiger partial charge in [-0.2, -0.15) is 0 Å². The molecule has 15 heavy (non-hydrogen) atoms. The average molecular weight is 215 g/mol. The maximum Gasteiger partial charge on any atom is 0.0558 e. The Morgan fingerprint density at radius 1 is 0.733 bits per heavy atom. The van der Waals surface area contributed by atoms with E-state index in [1.165, 1.54) is 51.5 Å². The van der Waals surface area contributed by atoms with Crippen LogP contribution >= 0.6 is 0 Å². The van der Waals surface area contributed by atoms with E-state index in [9.17, 15) is 0 Å². The highest BCUT2D eigenvalue weighted by Crippen LogP contribution is 2.06. The third-order valence-electron chi connectivity index (χ3n) is 2.78. The summed E-state index contributed by atoms with van der Waals surface area (Å²) in [5, 5.41) is 8.89. The van der Waals surface area contributed by atoms with E-state index in [2.05, 4.69) is 18.7 Å². The minimum atomic E-state index is 0.301. The lowest BCUT2D eigenvalue weighted by Crippen LogP contribution is -2.28. The van der Waals surface area contributed by atoms with Crippen LogP contribution in [0.2, 0.25) is 0 Å². The number of hydrogen-bond acceptors (Lipinski definition) is 2. The van der Waals surface area contributed by atoms with Gasteiger partial charge in [-0.1, -0.05) is 46.0 Å². The molecule has 92 valence electrons. The SMILES string of the molecule is CCCCCCCCN(CCC)CCO. The highest BCUT2D eigenvalue weighted by Gasteiger charge is 2.01. The second-order valence-corrected chi connectivity index (χ2v) is 4.33. The monoisotopic (exact) mass is 215 g/mol. The maximum absolute atomic E-state index is 8.89. The van der Waals surface area contributed by atoms with Crippen LogP contribution in [0.5, 0.6) is 0 Å². The molecule has 0 amide bonds. The van der Waals surface area contributed by atoms with E-state index in [1.807, 2.05) is 0 Å². The van der Waals surface area contributed by atoms with Crippen LogP contribution in [0.1, 0.15) is 58.8 Å². The van der Waals surface area contributed by atoms with E-state index in [0.29, 0.717) is 6.61 Å². The van der Waals surface area contributed by atoms with Crippen molar-refractivity contribution in [3.63, 3.8) is 0 Å². The first-order valence-electron chi connectivity index (χ1n) is 6.68. The smallest absolute Gasteiger partial charge is 0.0558 e. The van der Waals surface area contributed by atoms with E-state index in [4.69, 9.17) is 5.11 Å². The second kappa shape index (κ2) is 12.0. The van der Waals surface area contributed by atoms with Crippen molar-refractivity contribution in [1.82, 2.24) is 4.90 Å². The van der Waals surface area contributed by atoms with Crippen LogP contribution in [0, 0.1) is 0 Å². The van der Waals surface area contributed by atoms with E-state index >= 15 is 0 Å². The molecule has 0 aromatic carbocycles. The molecule has 0 aliphatic carbocycles. The van der Waals surface area contributed by atoms with Crippen LogP contribution in [0.25, 0.3) is 0 Å². The Hall–Kier alpha value is -0.0800. The molecule has 1 N–H and O–H groups in total. The van der Waals surface area contributed by atoms with Gasteiger partial charge in [0.05, 0.1) is 6.61 Å². The number of hydrogen-bond donors (Lipinski definition) is 1. The molecule has 0 unspecified atom stereocenters. The predicted molar refractivity (Wildman–Crippen MR) is 67.2 cm³/mol. The quantitative estimate of drug-likeness (QED) is 0.535. The van der Waals surface area contributed by atoms with Crippen molar-refractivity contribution in [2.24, 2.45) is 0 Å². The molecule has 0 aliphatic heterocycles. The molecule has 0 saturated carbocycles. The largest absolute Gasteiger partial charge is 0.395 e. The number of aliphatic hydroxyl groups excluding tert-OH is 1. The molecule has 0 spiro atoms. The summed E-state index contributed by atoms with van der Waals surface area (Å²) in [7, 11) is 0. The van der Waals surface area contributed by atoms with Crippen molar-refractivity contribution < 1.29 is 5.11 Å². The van der Waals surface area contributed by atoms with Gasteiger partial charge >= 0.3 is 0 Å². The zero-order chi connectivity index (χ0) is 11.4. The topological polar surface area (TPSA) is 23.5 Å². The van der Waals surface area contributed by atoms with E-state index in [-0.39, 0.29) is 0 Å². The van der Waals surface area contributed by atoms with Gasteiger partial charge in [-0.05, 0) is 25.9 Å². The van der Waals surface area contributed by atoms with Crippen LogP contribution in [0.4, 0.5) is 0 Å². The summed E-state index contributed by atoms with van der Waals surface area (Å²) in [6.07, 6.45) is 9.32. The Bertz CT molecular complexity index is 111. The van der Waals surface area contributed by atoms with Crippen LogP contribution < -0.4 is 0 Å². The average Bonchev–Trinajstić information content (AvgIpc) is 2.24. The Morgan fingerprint density at radius 2 is 1.40 bits per heavy atom. The van der Waals surface area contributed by atoms with Crippen molar-refractivity contribution in [2.75, 3.05) is 26.2 Å². The molecule has 0 radical (unpaired) electrons. The Labute approximate surface area is 95.7 Å². The van der Waals surface area contributed by atoms with Crippen LogP contribution in [-0.4, -0.2) is 36.2 Å². The first-order valence-corrected chi connectivity index (χ1v) is 6.68. The fraction of sp³-hybridized carbons (Fsp3) is 1.00. The molecule has 0 bridgehead atoms. The fourth-order valence-corrected chi connectivity index (χ4v) is 1.91. The highest BCUT2D eigenvalue weighted by molar-refractivity contribution is 4.56. The zero-order valence-electron chi connectivity index (χ0n) is 10.7. The molecular formula is C13H29NO. The first kappa shape index (κ1) is 14.9. The van der Waals surface area contributed by atoms with Gasteiger partial charge in [0.15, 0.2) is 0 Å². The molecule has 0 atom stereocenters. The molecule has 0 aromatic rings. The summed E-state index contributed by atoms with van der Waals surface area (Å²) < 4.78 is 0. The van der Waals surface area contributed by atoms with Crippen molar-refractivity contribution in [3.05, 3.63) is 0 Å². The lowest BCUT2D eigenvalue weighted by molar-refractivity contribution is 0.193. The molecular weight excluding hydrogens is 186 g/mol. The van der Waals surface area contributed by atoms with Gasteiger partial charge in [0.25, 0.3) is 0 Å². The molecule has 2 nitrogen and oxygen atoms in total. The van der Waals surface area contributed by atoms with Gasteiger partial charge < -0.3 is 10.0 Å². The van der Waals surface area contributed by atoms with Gasteiger partial charge in [0.2, 0.25) is 0 Å². The van der Waals surface area contributed by atoms with Gasteiger partial charge in [-0.15, -0.1) is 0 Å². The Kier molecular flexibility index (Phi) is 11.9. The predicted octanol–water partition coefficient (Wildman–Crippen LogP) is 3.05. The van der Waals surface area contributed by atoms with Crippen molar-refractivity contribution in [3.8, 4) is 0 Å². The summed E-state index contributed by atoms with van der Waals surface area (Å²) in [5.41, 5.74) is 0. The summed E-state index contributed by atoms with van der Waals surface area (Å²) >= 11 is 0. The lowest BCUT2D eigenvalue weighted by Gasteiger charge is -2.20. The maximum atomic E-state index is 8.89. The molecule has 0 rings (SSSR count). The molecule has 0 aromatic heterocycles. The van der Waals surface area contributed by atoms with E-state index in [0.717, 1.165) is 13.1 Å². The van der Waals surface area contributed by atoms with Crippen LogP contribution in [0.3, 0.4) is 0 Å². The zero-order valence-corrected chi connectivity index (χ0v) is 10.7. The van der Waals surface area contributed by atoms with E-state index < -0.39 is 0 Å². The van der Waals surface area contributed by atoms with Crippen LogP contribution in [-0.2, 0) is 0 Å². The highest BCUT2D eigenvalue weighted by atomic mass is 16.3. The number of aliphatic hydroxyl groups is 1. The summed E-state index contributed by atoms with van der Waals surface area (Å²) in [5.74, 6) is 0. The van der Waals surface area contributed by atoms with Crippen molar-refractivity contribution >= 4 is 0 Å². The Balaban J connectivity index is 3.28. The van der Waals surface area contributed by atoms with E-state index in [1.54, 1.807) is 0 Å². The minimum absolute atomic E-state index is 0.301. The first-order chi connectivity index (χ1) is 7.35. The molecule has 0 aliphatic rings. The summed E-state index contributed by atoms with van der Waals surface area (Å²) in [4.78, 5) is 2.37. The van der Waals surface area contributed by atoms with Gasteiger partial charge in [0, 0.05) is 6.54 Å². The fourth-order valence-electron chi connectivity index (χ4n) is 1.91. The minimum Gasteiger partial charge on any atom is -0.395 e. The number of rotatable bonds is 11. The normalized spacial score (nSPS) is 11.2. The summed E-state index contributed by atoms with van der Waals surface area (Å²) in [6, 6.07) is 0. The lowest BCUT2D eigenvalue weighted by atomic mass is 10.1. The Morgan fingerprint density at radius 3 is 2.00 bits per heavy atom. The molecule has 2 heteroatoms. The number of nitrogens with zero attached hydrogens (tertiary/aromatic N) is 1. The standard InChI is InChI=1S/C13H29NO/c1-3-5-6-7-8-9-11-14(10-4-2)12-13-15/h15H,3-13H2,1-2H3. The molecule has 0 fully saturated rings. The van der Waals surface area contributed by atoms with Gasteiger partial charge in [-0.3, -0.25) is 0 Å². The van der Waals surface area contributed by atoms with Crippen molar-refractivity contribution in [1.29, 1.82) is 0 Å². The van der Waals surface area contributed by atoms with Crippen molar-refractivity contribution in [2.45, 2.75) is 58.8 Å². The third kappa shape index (κ3) is 10.2. The molecule has 0 heterocycles. The summed E-state index contributed by atoms with van der Waals surface area (Å²) in [6.45, 7) is 7.91. The van der Waals surface area contributed by atoms with Gasteiger partial charge in [0.1, 0.15) is 0 Å². The second-order valence-electron chi connectivity index (χ2n) is 4.33.